The Morgan fingerprint density at radius 3 is 2.94 bits per heavy atom. The fourth-order valence-corrected chi connectivity index (χ4v) is 2.72. The Labute approximate surface area is 101 Å². The SMILES string of the molecule is CCn1ncc(Cl)c1C(=O)C1CCC(C)C1. The van der Waals surface area contributed by atoms with E-state index in [1.807, 2.05) is 6.92 Å². The molecule has 0 spiro atoms. The third-order valence-electron chi connectivity index (χ3n) is 3.39. The highest BCUT2D eigenvalue weighted by Gasteiger charge is 2.31. The Bertz CT molecular complexity index is 400. The smallest absolute Gasteiger partial charge is 0.185 e. The Morgan fingerprint density at radius 2 is 2.38 bits per heavy atom. The van der Waals surface area contributed by atoms with Crippen molar-refractivity contribution >= 4 is 17.4 Å². The molecule has 1 fully saturated rings. The minimum absolute atomic E-state index is 0.148. The van der Waals surface area contributed by atoms with Crippen LogP contribution in [0.3, 0.4) is 0 Å². The normalized spacial score (nSPS) is 24.9. The fourth-order valence-electron chi connectivity index (χ4n) is 2.49. The molecule has 0 aromatic carbocycles. The zero-order valence-corrected chi connectivity index (χ0v) is 10.5. The van der Waals surface area contributed by atoms with Crippen molar-refractivity contribution in [1.29, 1.82) is 0 Å². The highest BCUT2D eigenvalue weighted by Crippen LogP contribution is 2.34. The lowest BCUT2D eigenvalue weighted by atomic mass is 9.99. The van der Waals surface area contributed by atoms with Gasteiger partial charge in [-0.15, -0.1) is 0 Å². The van der Waals surface area contributed by atoms with Gasteiger partial charge in [0.2, 0.25) is 0 Å². The van der Waals surface area contributed by atoms with E-state index in [1.165, 1.54) is 0 Å². The lowest BCUT2D eigenvalue weighted by Crippen LogP contribution is -2.17. The largest absolute Gasteiger partial charge is 0.292 e. The van der Waals surface area contributed by atoms with E-state index in [0.29, 0.717) is 23.2 Å². The zero-order valence-electron chi connectivity index (χ0n) is 9.74. The van der Waals surface area contributed by atoms with E-state index in [2.05, 4.69) is 12.0 Å². The van der Waals surface area contributed by atoms with Crippen LogP contribution in [0.15, 0.2) is 6.20 Å². The second-order valence-electron chi connectivity index (χ2n) is 4.64. The standard InChI is InChI=1S/C12H17ClN2O/c1-3-15-11(10(13)7-14-15)12(16)9-5-4-8(2)6-9/h7-9H,3-6H2,1-2H3. The molecule has 1 saturated carbocycles. The molecule has 0 amide bonds. The molecule has 3 nitrogen and oxygen atoms in total. The highest BCUT2D eigenvalue weighted by atomic mass is 35.5. The molecule has 0 radical (unpaired) electrons. The lowest BCUT2D eigenvalue weighted by molar-refractivity contribution is 0.0909. The first-order valence-corrected chi connectivity index (χ1v) is 6.26. The summed E-state index contributed by atoms with van der Waals surface area (Å²) in [6.45, 7) is 4.86. The van der Waals surface area contributed by atoms with Gasteiger partial charge < -0.3 is 0 Å². The summed E-state index contributed by atoms with van der Waals surface area (Å²) in [6, 6.07) is 0. The van der Waals surface area contributed by atoms with Gasteiger partial charge in [-0.05, 0) is 32.1 Å². The van der Waals surface area contributed by atoms with Crippen molar-refractivity contribution in [3.05, 3.63) is 16.9 Å². The molecule has 1 aliphatic carbocycles. The van der Waals surface area contributed by atoms with Crippen molar-refractivity contribution in [1.82, 2.24) is 9.78 Å². The topological polar surface area (TPSA) is 34.9 Å². The van der Waals surface area contributed by atoms with Crippen LogP contribution in [0, 0.1) is 11.8 Å². The zero-order chi connectivity index (χ0) is 11.7. The van der Waals surface area contributed by atoms with Gasteiger partial charge in [-0.2, -0.15) is 5.10 Å². The minimum atomic E-state index is 0.148. The van der Waals surface area contributed by atoms with E-state index < -0.39 is 0 Å². The Morgan fingerprint density at radius 1 is 1.62 bits per heavy atom. The molecule has 1 aromatic rings. The molecule has 1 aliphatic rings. The highest BCUT2D eigenvalue weighted by molar-refractivity contribution is 6.33. The molecule has 0 aliphatic heterocycles. The van der Waals surface area contributed by atoms with Crippen molar-refractivity contribution in [3.63, 3.8) is 0 Å². The van der Waals surface area contributed by atoms with Crippen LogP contribution in [-0.4, -0.2) is 15.6 Å². The maximum atomic E-state index is 12.3. The van der Waals surface area contributed by atoms with Crippen LogP contribution < -0.4 is 0 Å². The number of hydrogen-bond donors (Lipinski definition) is 0. The molecule has 2 rings (SSSR count). The fraction of sp³-hybridized carbons (Fsp3) is 0.667. The van der Waals surface area contributed by atoms with Gasteiger partial charge in [0, 0.05) is 12.5 Å². The summed E-state index contributed by atoms with van der Waals surface area (Å²) in [5.41, 5.74) is 0.600. The van der Waals surface area contributed by atoms with Gasteiger partial charge in [0.1, 0.15) is 5.69 Å². The molecule has 4 heteroatoms. The number of aryl methyl sites for hydroxylation is 1. The van der Waals surface area contributed by atoms with Crippen molar-refractivity contribution in [2.24, 2.45) is 11.8 Å². The second kappa shape index (κ2) is 4.58. The predicted molar refractivity (Wildman–Crippen MR) is 63.7 cm³/mol. The van der Waals surface area contributed by atoms with Gasteiger partial charge >= 0.3 is 0 Å². The molecule has 88 valence electrons. The predicted octanol–water partition coefficient (Wildman–Crippen LogP) is 3.18. The number of carbonyl (C=O) groups excluding carboxylic acids is 1. The number of carbonyl (C=O) groups is 1. The van der Waals surface area contributed by atoms with Crippen molar-refractivity contribution in [2.45, 2.75) is 39.7 Å². The molecular formula is C12H17ClN2O. The Kier molecular flexibility index (Phi) is 3.33. The summed E-state index contributed by atoms with van der Waals surface area (Å²) >= 11 is 6.03. The number of hydrogen-bond acceptors (Lipinski definition) is 2. The number of halogens is 1. The third-order valence-corrected chi connectivity index (χ3v) is 3.67. The van der Waals surface area contributed by atoms with Gasteiger partial charge in [0.05, 0.1) is 11.2 Å². The van der Waals surface area contributed by atoms with Gasteiger partial charge in [-0.25, -0.2) is 0 Å². The van der Waals surface area contributed by atoms with E-state index in [-0.39, 0.29) is 11.7 Å². The van der Waals surface area contributed by atoms with Crippen LogP contribution in [0.4, 0.5) is 0 Å². The maximum absolute atomic E-state index is 12.3. The van der Waals surface area contributed by atoms with E-state index in [1.54, 1.807) is 10.9 Å². The first kappa shape index (κ1) is 11.6. The Balaban J connectivity index is 2.23. The average molecular weight is 241 g/mol. The minimum Gasteiger partial charge on any atom is -0.292 e. The molecule has 1 heterocycles. The number of nitrogens with zero attached hydrogens (tertiary/aromatic N) is 2. The summed E-state index contributed by atoms with van der Waals surface area (Å²) in [5.74, 6) is 0.980. The second-order valence-corrected chi connectivity index (χ2v) is 5.04. The quantitative estimate of drug-likeness (QED) is 0.761. The van der Waals surface area contributed by atoms with Crippen molar-refractivity contribution in [3.8, 4) is 0 Å². The van der Waals surface area contributed by atoms with Crippen molar-refractivity contribution in [2.75, 3.05) is 0 Å². The van der Waals surface area contributed by atoms with E-state index in [9.17, 15) is 4.79 Å². The number of ketones is 1. The van der Waals surface area contributed by atoms with Crippen molar-refractivity contribution < 1.29 is 4.79 Å². The molecule has 0 saturated heterocycles. The number of Topliss-reactive ketones (excluding diaryl/α,β-unsaturated/α-hetero) is 1. The van der Waals surface area contributed by atoms with Gasteiger partial charge in [-0.3, -0.25) is 9.48 Å². The van der Waals surface area contributed by atoms with Crippen LogP contribution in [0.25, 0.3) is 0 Å². The van der Waals surface area contributed by atoms with Gasteiger partial charge in [0.15, 0.2) is 5.78 Å². The summed E-state index contributed by atoms with van der Waals surface area (Å²) in [6.07, 6.45) is 4.69. The van der Waals surface area contributed by atoms with Gasteiger partial charge in [-0.1, -0.05) is 18.5 Å². The van der Waals surface area contributed by atoms with Crippen LogP contribution >= 0.6 is 11.6 Å². The maximum Gasteiger partial charge on any atom is 0.185 e. The van der Waals surface area contributed by atoms with Crippen LogP contribution in [0.5, 0.6) is 0 Å². The number of aromatic nitrogens is 2. The summed E-state index contributed by atoms with van der Waals surface area (Å²) < 4.78 is 1.70. The first-order valence-electron chi connectivity index (χ1n) is 5.89. The third kappa shape index (κ3) is 2.01. The monoisotopic (exact) mass is 240 g/mol. The van der Waals surface area contributed by atoms with Crippen LogP contribution in [0.2, 0.25) is 5.02 Å². The van der Waals surface area contributed by atoms with E-state index in [0.717, 1.165) is 19.3 Å². The molecule has 16 heavy (non-hydrogen) atoms. The first-order chi connectivity index (χ1) is 7.63. The molecule has 1 aromatic heterocycles. The van der Waals surface area contributed by atoms with Crippen LogP contribution in [-0.2, 0) is 6.54 Å². The molecule has 0 bridgehead atoms. The molecule has 2 unspecified atom stereocenters. The van der Waals surface area contributed by atoms with Gasteiger partial charge in [0.25, 0.3) is 0 Å². The number of rotatable bonds is 3. The van der Waals surface area contributed by atoms with Crippen LogP contribution in [0.1, 0.15) is 43.6 Å². The summed E-state index contributed by atoms with van der Waals surface area (Å²) in [7, 11) is 0. The molecule has 0 N–H and O–H groups in total. The molecular weight excluding hydrogens is 224 g/mol. The molecule has 2 atom stereocenters. The average Bonchev–Trinajstić information content (AvgIpc) is 2.83. The van der Waals surface area contributed by atoms with E-state index in [4.69, 9.17) is 11.6 Å². The van der Waals surface area contributed by atoms with E-state index >= 15 is 0 Å². The summed E-state index contributed by atoms with van der Waals surface area (Å²) in [5, 5.41) is 4.60. The lowest BCUT2D eigenvalue weighted by Gasteiger charge is -2.10. The Hall–Kier alpha value is -0.830. The summed E-state index contributed by atoms with van der Waals surface area (Å²) in [4.78, 5) is 12.3.